The molecule has 5 heteroatoms. The van der Waals surface area contributed by atoms with E-state index in [4.69, 9.17) is 5.11 Å². The summed E-state index contributed by atoms with van der Waals surface area (Å²) in [6.07, 6.45) is 0.609. The lowest BCUT2D eigenvalue weighted by Crippen LogP contribution is -2.24. The second-order valence-corrected chi connectivity index (χ2v) is 3.29. The zero-order chi connectivity index (χ0) is 12.0. The third-order valence-corrected chi connectivity index (χ3v) is 2.07. The normalized spacial score (nSPS) is 9.56. The number of rotatable bonds is 4. The standard InChI is InChI=1S/C11H14N2O3/c1-12-11(16)13-9-5-2-8(3-6-9)4-7-10(14)15/h2-3,5-6H,4,7H2,1H3,(H,14,15)(H2,12,13,16). The van der Waals surface area contributed by atoms with Crippen LogP contribution in [-0.2, 0) is 11.2 Å². The minimum atomic E-state index is -0.812. The van der Waals surface area contributed by atoms with Gasteiger partial charge in [-0.15, -0.1) is 0 Å². The first-order valence-electron chi connectivity index (χ1n) is 4.91. The molecule has 0 radical (unpaired) electrons. The van der Waals surface area contributed by atoms with Crippen molar-refractivity contribution in [2.45, 2.75) is 12.8 Å². The summed E-state index contributed by atoms with van der Waals surface area (Å²) in [4.78, 5) is 21.3. The fourth-order valence-corrected chi connectivity index (χ4v) is 1.20. The Hall–Kier alpha value is -2.04. The van der Waals surface area contributed by atoms with Gasteiger partial charge in [-0.25, -0.2) is 4.79 Å². The molecule has 1 aromatic carbocycles. The Morgan fingerprint density at radius 3 is 2.38 bits per heavy atom. The number of hydrogen-bond acceptors (Lipinski definition) is 2. The fourth-order valence-electron chi connectivity index (χ4n) is 1.20. The lowest BCUT2D eigenvalue weighted by molar-refractivity contribution is -0.136. The average molecular weight is 222 g/mol. The second kappa shape index (κ2) is 5.75. The lowest BCUT2D eigenvalue weighted by atomic mass is 10.1. The van der Waals surface area contributed by atoms with E-state index in [2.05, 4.69) is 10.6 Å². The molecule has 0 bridgehead atoms. The van der Waals surface area contributed by atoms with Gasteiger partial charge in [-0.1, -0.05) is 12.1 Å². The summed E-state index contributed by atoms with van der Waals surface area (Å²) >= 11 is 0. The molecule has 1 aromatic rings. The molecule has 86 valence electrons. The van der Waals surface area contributed by atoms with E-state index in [0.717, 1.165) is 5.56 Å². The van der Waals surface area contributed by atoms with Crippen LogP contribution >= 0.6 is 0 Å². The van der Waals surface area contributed by atoms with Crippen molar-refractivity contribution >= 4 is 17.7 Å². The van der Waals surface area contributed by atoms with Crippen molar-refractivity contribution in [1.29, 1.82) is 0 Å². The van der Waals surface area contributed by atoms with Gasteiger partial charge in [-0.05, 0) is 24.1 Å². The molecule has 0 aliphatic carbocycles. The summed E-state index contributed by atoms with van der Waals surface area (Å²) in [5.41, 5.74) is 1.61. The molecule has 0 atom stereocenters. The average Bonchev–Trinajstić information content (AvgIpc) is 2.28. The number of aliphatic carboxylic acids is 1. The molecule has 0 spiro atoms. The Kier molecular flexibility index (Phi) is 4.32. The Labute approximate surface area is 93.5 Å². The number of amides is 2. The van der Waals surface area contributed by atoms with Crippen molar-refractivity contribution in [3.63, 3.8) is 0 Å². The fraction of sp³-hybridized carbons (Fsp3) is 0.273. The van der Waals surface area contributed by atoms with E-state index < -0.39 is 5.97 Å². The third-order valence-electron chi connectivity index (χ3n) is 2.07. The Bertz CT molecular complexity index is 373. The molecule has 1 rings (SSSR count). The van der Waals surface area contributed by atoms with E-state index in [1.807, 2.05) is 0 Å². The molecule has 16 heavy (non-hydrogen) atoms. The maximum atomic E-state index is 11.0. The first-order valence-corrected chi connectivity index (χ1v) is 4.91. The zero-order valence-corrected chi connectivity index (χ0v) is 8.99. The molecule has 0 saturated carbocycles. The number of anilines is 1. The van der Waals surface area contributed by atoms with E-state index in [9.17, 15) is 9.59 Å². The van der Waals surface area contributed by atoms with Crippen LogP contribution in [0, 0.1) is 0 Å². The predicted octanol–water partition coefficient (Wildman–Crippen LogP) is 1.46. The third kappa shape index (κ3) is 4.00. The summed E-state index contributed by atoms with van der Waals surface area (Å²) in [5.74, 6) is -0.812. The Balaban J connectivity index is 2.54. The molecule has 0 unspecified atom stereocenters. The van der Waals surface area contributed by atoms with Gasteiger partial charge in [0.15, 0.2) is 0 Å². The largest absolute Gasteiger partial charge is 0.481 e. The molecular weight excluding hydrogens is 208 g/mol. The monoisotopic (exact) mass is 222 g/mol. The van der Waals surface area contributed by atoms with E-state index >= 15 is 0 Å². The molecule has 0 heterocycles. The van der Waals surface area contributed by atoms with Crippen LogP contribution in [-0.4, -0.2) is 24.2 Å². The van der Waals surface area contributed by atoms with E-state index in [1.165, 1.54) is 7.05 Å². The van der Waals surface area contributed by atoms with Crippen molar-refractivity contribution in [2.24, 2.45) is 0 Å². The highest BCUT2D eigenvalue weighted by molar-refractivity contribution is 5.88. The minimum absolute atomic E-state index is 0.113. The van der Waals surface area contributed by atoms with Crippen molar-refractivity contribution < 1.29 is 14.7 Å². The number of carboxylic acids is 1. The summed E-state index contributed by atoms with van der Waals surface area (Å²) in [6, 6.07) is 6.81. The van der Waals surface area contributed by atoms with E-state index in [0.29, 0.717) is 12.1 Å². The van der Waals surface area contributed by atoms with Crippen LogP contribution in [0.5, 0.6) is 0 Å². The number of nitrogens with one attached hydrogen (secondary N) is 2. The van der Waals surface area contributed by atoms with Crippen molar-refractivity contribution in [1.82, 2.24) is 5.32 Å². The van der Waals surface area contributed by atoms with Crippen molar-refractivity contribution in [3.8, 4) is 0 Å². The van der Waals surface area contributed by atoms with E-state index in [1.54, 1.807) is 24.3 Å². The maximum absolute atomic E-state index is 11.0. The summed E-state index contributed by atoms with van der Waals surface area (Å²) < 4.78 is 0. The van der Waals surface area contributed by atoms with Crippen molar-refractivity contribution in [2.75, 3.05) is 12.4 Å². The molecule has 0 aliphatic rings. The lowest BCUT2D eigenvalue weighted by Gasteiger charge is -2.05. The smallest absolute Gasteiger partial charge is 0.318 e. The van der Waals surface area contributed by atoms with Gasteiger partial charge >= 0.3 is 12.0 Å². The van der Waals surface area contributed by atoms with Gasteiger partial charge < -0.3 is 15.7 Å². The van der Waals surface area contributed by atoms with Crippen molar-refractivity contribution in [3.05, 3.63) is 29.8 Å². The van der Waals surface area contributed by atoms with E-state index in [-0.39, 0.29) is 12.5 Å². The summed E-state index contributed by atoms with van der Waals surface area (Å²) in [5, 5.41) is 13.6. The molecule has 5 nitrogen and oxygen atoms in total. The highest BCUT2D eigenvalue weighted by Crippen LogP contribution is 2.10. The first kappa shape index (κ1) is 12.0. The molecule has 0 aromatic heterocycles. The highest BCUT2D eigenvalue weighted by atomic mass is 16.4. The first-order chi connectivity index (χ1) is 7.61. The molecule has 0 saturated heterocycles. The van der Waals surface area contributed by atoms with Gasteiger partial charge in [0.25, 0.3) is 0 Å². The van der Waals surface area contributed by atoms with Gasteiger partial charge in [0.1, 0.15) is 0 Å². The number of hydrogen-bond donors (Lipinski definition) is 3. The number of aryl methyl sites for hydroxylation is 1. The maximum Gasteiger partial charge on any atom is 0.318 e. The van der Waals surface area contributed by atoms with Gasteiger partial charge in [0.05, 0.1) is 0 Å². The number of benzene rings is 1. The molecule has 0 aliphatic heterocycles. The Morgan fingerprint density at radius 2 is 1.88 bits per heavy atom. The molecular formula is C11H14N2O3. The highest BCUT2D eigenvalue weighted by Gasteiger charge is 2.01. The molecule has 2 amide bonds. The van der Waals surface area contributed by atoms with Gasteiger partial charge in [-0.2, -0.15) is 0 Å². The number of carboxylic acid groups (broad SMARTS) is 1. The van der Waals surface area contributed by atoms with Crippen LogP contribution in [0.4, 0.5) is 10.5 Å². The molecule has 0 fully saturated rings. The predicted molar refractivity (Wildman–Crippen MR) is 60.5 cm³/mol. The summed E-state index contributed by atoms with van der Waals surface area (Å²) in [6.45, 7) is 0. The minimum Gasteiger partial charge on any atom is -0.481 e. The number of urea groups is 1. The van der Waals surface area contributed by atoms with Gasteiger partial charge in [0.2, 0.25) is 0 Å². The SMILES string of the molecule is CNC(=O)Nc1ccc(CCC(=O)O)cc1. The van der Waals surface area contributed by atoms with Gasteiger partial charge in [-0.3, -0.25) is 4.79 Å². The number of carbonyl (C=O) groups excluding carboxylic acids is 1. The van der Waals surface area contributed by atoms with Crippen LogP contribution in [0.15, 0.2) is 24.3 Å². The quantitative estimate of drug-likeness (QED) is 0.721. The zero-order valence-electron chi connectivity index (χ0n) is 8.99. The van der Waals surface area contributed by atoms with Crippen LogP contribution in [0.2, 0.25) is 0 Å². The summed E-state index contributed by atoms with van der Waals surface area (Å²) in [7, 11) is 1.54. The van der Waals surface area contributed by atoms with Gasteiger partial charge in [0, 0.05) is 19.2 Å². The van der Waals surface area contributed by atoms with Crippen LogP contribution in [0.25, 0.3) is 0 Å². The van der Waals surface area contributed by atoms with Crippen LogP contribution < -0.4 is 10.6 Å². The Morgan fingerprint density at radius 1 is 1.25 bits per heavy atom. The topological polar surface area (TPSA) is 78.4 Å². The van der Waals surface area contributed by atoms with Crippen LogP contribution in [0.1, 0.15) is 12.0 Å². The second-order valence-electron chi connectivity index (χ2n) is 3.29. The number of carbonyl (C=O) groups is 2. The molecule has 3 N–H and O–H groups in total. The van der Waals surface area contributed by atoms with Crippen LogP contribution in [0.3, 0.4) is 0 Å².